The minimum atomic E-state index is -0.0235. The van der Waals surface area contributed by atoms with Crippen LogP contribution in [0.1, 0.15) is 15.8 Å². The number of piperazine rings is 4. The molecule has 0 saturated carbocycles. The third-order valence-electron chi connectivity index (χ3n) is 15.9. The third kappa shape index (κ3) is 54.4. The lowest BCUT2D eigenvalue weighted by Gasteiger charge is -2.34. The highest BCUT2D eigenvalue weighted by molar-refractivity contribution is 5.77. The summed E-state index contributed by atoms with van der Waals surface area (Å²) in [6, 6.07) is 0.0503. The molecule has 7 aliphatic rings. The minimum Gasteiger partial charge on any atom is -0.336 e. The van der Waals surface area contributed by atoms with Gasteiger partial charge in [0, 0.05) is 363 Å². The second-order valence-corrected chi connectivity index (χ2v) is 23.2. The van der Waals surface area contributed by atoms with Crippen molar-refractivity contribution in [3.8, 4) is 0 Å². The molecule has 34 nitrogen and oxygen atoms in total. The molecule has 7 saturated heterocycles. The van der Waals surface area contributed by atoms with Crippen LogP contribution in [-0.4, -0.2) is 440 Å². The fourth-order valence-corrected chi connectivity index (χ4v) is 10.6. The zero-order valence-corrected chi connectivity index (χ0v) is 59.0. The second kappa shape index (κ2) is 70.7. The smallest absolute Gasteiger partial charge is 0.317 e. The summed E-state index contributed by atoms with van der Waals surface area (Å²) in [6.07, 6.45) is 0. The first kappa shape index (κ1) is 96.1. The summed E-state index contributed by atoms with van der Waals surface area (Å²) in [5.41, 5.74) is 64.7. The molecule has 0 aromatic carbocycles. The minimum absolute atomic E-state index is 0. The molecule has 0 bridgehead atoms. The van der Waals surface area contributed by atoms with Gasteiger partial charge in [0.1, 0.15) is 0 Å². The van der Waals surface area contributed by atoms with Crippen molar-refractivity contribution in [1.29, 1.82) is 0 Å². The molecule has 3 radical (unpaired) electrons. The Kier molecular flexibility index (Phi) is 71.5. The van der Waals surface area contributed by atoms with E-state index in [0.29, 0.717) is 65.4 Å². The Hall–Kier alpha value is -3.13. The standard InChI is InChI=1S/C9H18N4O.C8H14N4O2.3C8H20N4.2C6H18N4.C6H17N3.CH4.B.H2/c14-9-11-3-6-13(9)8-7-12-4-1-10-2-5-12;13-7-9-1-3-11(7)5-6-12-4-2-10-8(12)14;2*9-1-3-11-5-7-12(4-2-10)8-6-11;9-1-2-10-3-6-12-7-4-11-5-8-12;2*7-1-4-10(5-2-8)6-3-9;1-2-8-5-6-9-4-3-7;;;/h10H,1-8H2,(H,11,14);1-6H2,(H,9,13)(H,10,14);2*1-10H2;10-11H,1-9H2;2*1-9H2;8-9H,2-7H2,1H3;1H4;;1H/i;;;;;;;;;;1+1. The molecule has 0 unspecified atom stereocenters. The number of urea groups is 3. The number of likely N-dealkylation sites (N-methyl/N-ethyl adjacent to an activating group) is 1. The number of hydrogen-bond donors (Lipinski definition) is 20. The quantitative estimate of drug-likeness (QED) is 0.0203. The van der Waals surface area contributed by atoms with Crippen LogP contribution < -0.4 is 111 Å². The van der Waals surface area contributed by atoms with Crippen molar-refractivity contribution in [1.82, 2.24) is 96.4 Å². The van der Waals surface area contributed by atoms with Crippen molar-refractivity contribution >= 4 is 26.5 Å². The summed E-state index contributed by atoms with van der Waals surface area (Å²) >= 11 is 0. The lowest BCUT2D eigenvalue weighted by atomic mass is 10.3. The molecule has 7 heterocycles. The Morgan fingerprint density at radius 1 is 0.316 bits per heavy atom. The van der Waals surface area contributed by atoms with Crippen molar-refractivity contribution in [2.45, 2.75) is 14.4 Å². The molecule has 95 heavy (non-hydrogen) atoms. The third-order valence-corrected chi connectivity index (χ3v) is 15.9. The zero-order chi connectivity index (χ0) is 68.6. The molecule has 35 heteroatoms. The van der Waals surface area contributed by atoms with Crippen LogP contribution in [0.2, 0.25) is 0 Å². The topological polar surface area (TPSA) is 495 Å². The number of rotatable bonds is 37. The number of nitrogens with zero attached hydrogens (tertiary/aromatic N) is 11. The van der Waals surface area contributed by atoms with Crippen molar-refractivity contribution in [3.63, 3.8) is 0 Å². The van der Waals surface area contributed by atoms with Crippen molar-refractivity contribution in [2.75, 3.05) is 360 Å². The Morgan fingerprint density at radius 3 is 0.832 bits per heavy atom. The van der Waals surface area contributed by atoms with E-state index in [1.54, 1.807) is 9.80 Å². The van der Waals surface area contributed by atoms with Gasteiger partial charge in [-0.2, -0.15) is 0 Å². The van der Waals surface area contributed by atoms with Crippen LogP contribution >= 0.6 is 0 Å². The second-order valence-electron chi connectivity index (χ2n) is 23.2. The first-order valence-corrected chi connectivity index (χ1v) is 35.2. The number of amides is 6. The molecule has 0 atom stereocenters. The summed E-state index contributed by atoms with van der Waals surface area (Å²) in [6.45, 7) is 53.4. The van der Waals surface area contributed by atoms with Crippen LogP contribution in [0.15, 0.2) is 0 Å². The van der Waals surface area contributed by atoms with Gasteiger partial charge in [-0.05, 0) is 6.54 Å². The maximum absolute atomic E-state index is 11.2. The fourth-order valence-electron chi connectivity index (χ4n) is 10.6. The van der Waals surface area contributed by atoms with Crippen molar-refractivity contribution in [2.24, 2.45) is 68.8 Å². The van der Waals surface area contributed by atoms with Crippen LogP contribution in [0.5, 0.6) is 0 Å². The van der Waals surface area contributed by atoms with E-state index in [0.717, 1.165) is 281 Å². The number of carbonyl (C=O) groups is 3. The Bertz CT molecular complexity index is 1500. The summed E-state index contributed by atoms with van der Waals surface area (Å²) < 4.78 is 0. The zero-order valence-electron chi connectivity index (χ0n) is 59.0. The van der Waals surface area contributed by atoms with E-state index in [1.165, 1.54) is 13.1 Å². The lowest BCUT2D eigenvalue weighted by molar-refractivity contribution is 0.138. The highest BCUT2D eigenvalue weighted by atomic mass is 16.2. The molecule has 0 aliphatic carbocycles. The van der Waals surface area contributed by atoms with E-state index < -0.39 is 0 Å². The molecule has 0 spiro atoms. The van der Waals surface area contributed by atoms with Gasteiger partial charge in [0.25, 0.3) is 0 Å². The van der Waals surface area contributed by atoms with E-state index in [9.17, 15) is 14.4 Å². The van der Waals surface area contributed by atoms with Gasteiger partial charge < -0.3 is 126 Å². The number of hydrogen-bond acceptors (Lipinski definition) is 28. The van der Waals surface area contributed by atoms with Gasteiger partial charge in [-0.15, -0.1) is 0 Å². The number of nitrogens with two attached hydrogens (primary N) is 12. The normalized spacial score (nSPS) is 17.8. The maximum atomic E-state index is 11.2. The van der Waals surface area contributed by atoms with Gasteiger partial charge in [0.15, 0.2) is 0 Å². The van der Waals surface area contributed by atoms with Crippen LogP contribution in [0.3, 0.4) is 0 Å². The summed E-state index contributed by atoms with van der Waals surface area (Å²) in [5.74, 6) is 0. The largest absolute Gasteiger partial charge is 0.336 e. The molecule has 567 valence electrons. The van der Waals surface area contributed by atoms with Gasteiger partial charge in [0.2, 0.25) is 0 Å². The predicted octanol–water partition coefficient (Wildman–Crippen LogP) is -10.6. The molecule has 0 aromatic rings. The van der Waals surface area contributed by atoms with Crippen LogP contribution in [0.25, 0.3) is 0 Å². The number of carbonyl (C=O) groups excluding carboxylic acids is 3. The highest BCUT2D eigenvalue weighted by Crippen LogP contribution is 2.03. The van der Waals surface area contributed by atoms with Crippen molar-refractivity contribution in [3.05, 3.63) is 0 Å². The van der Waals surface area contributed by atoms with Gasteiger partial charge >= 0.3 is 18.1 Å². The molecule has 7 aliphatic heterocycles. The van der Waals surface area contributed by atoms with E-state index >= 15 is 0 Å². The monoisotopic (exact) mass is 1370 g/mol. The average molecular weight is 1370 g/mol. The molecule has 7 rings (SSSR count). The van der Waals surface area contributed by atoms with Crippen LogP contribution in [0, 0.1) is 0 Å². The predicted molar refractivity (Wildman–Crippen MR) is 400 cm³/mol. The highest BCUT2D eigenvalue weighted by Gasteiger charge is 2.24. The van der Waals surface area contributed by atoms with Gasteiger partial charge in [-0.25, -0.2) is 14.4 Å². The molecule has 7 fully saturated rings. The maximum Gasteiger partial charge on any atom is 0.317 e. The first-order chi connectivity index (χ1) is 45.4. The first-order valence-electron chi connectivity index (χ1n) is 35.2. The van der Waals surface area contributed by atoms with E-state index in [1.807, 2.05) is 4.90 Å². The Balaban J connectivity index is -0.000000504. The van der Waals surface area contributed by atoms with E-state index in [-0.39, 0.29) is 35.4 Å². The molecule has 32 N–H and O–H groups in total. The van der Waals surface area contributed by atoms with Gasteiger partial charge in [-0.3, -0.25) is 39.2 Å². The summed E-state index contributed by atoms with van der Waals surface area (Å²) in [5, 5.41) is 24.6. The van der Waals surface area contributed by atoms with E-state index in [2.05, 4.69) is 88.7 Å². The van der Waals surface area contributed by atoms with Crippen LogP contribution in [-0.2, 0) is 0 Å². The Morgan fingerprint density at radius 2 is 0.579 bits per heavy atom. The molecule has 0 aromatic heterocycles. The van der Waals surface area contributed by atoms with Crippen LogP contribution in [0.4, 0.5) is 14.4 Å². The molecular formula is C60H151BN31O3. The lowest BCUT2D eigenvalue weighted by Crippen LogP contribution is -2.48. The molecular weight excluding hydrogens is 1210 g/mol. The van der Waals surface area contributed by atoms with E-state index in [4.69, 9.17) is 68.8 Å². The fraction of sp³-hybridized carbons (Fsp3) is 0.950. The van der Waals surface area contributed by atoms with Crippen molar-refractivity contribution < 1.29 is 15.8 Å². The SMILES string of the molecule is C.CCNCCNCCN.NCCN(CCN)CCN.NCCN(CCN)CCN.NCCN1CCN(CCN)CC1.NCCN1CCN(CCN)CC1.NCCNCCN1CCNCC1.O=C1NCCN1CCN1CCNC1=O.O=C1NCCN1CCN1CCNCC1.[2HH].[B]. The summed E-state index contributed by atoms with van der Waals surface area (Å²) in [7, 11) is 0. The average Bonchev–Trinajstić information content (AvgIpc) is 2.02. The molecule has 6 amide bonds. The Labute approximate surface area is 579 Å². The number of nitrogens with one attached hydrogen (secondary N) is 8. The van der Waals surface area contributed by atoms with Gasteiger partial charge in [-0.1, -0.05) is 14.4 Å². The van der Waals surface area contributed by atoms with Gasteiger partial charge in [0.05, 0.1) is 0 Å². The summed E-state index contributed by atoms with van der Waals surface area (Å²) in [4.78, 5) is 57.7.